The van der Waals surface area contributed by atoms with Crippen molar-refractivity contribution in [3.05, 3.63) is 29.3 Å². The molecule has 1 rings (SSSR count). The predicted molar refractivity (Wildman–Crippen MR) is 143 cm³/mol. The van der Waals surface area contributed by atoms with Crippen molar-refractivity contribution in [3.8, 4) is 5.75 Å². The quantitative estimate of drug-likeness (QED) is 0.182. The smallest absolute Gasteiger partial charge is 0.255 e. The number of nitrogens with one attached hydrogen (secondary N) is 2. The number of unbranched alkanes of at least 4 members (excludes halogenated alkanes) is 12. The van der Waals surface area contributed by atoms with Gasteiger partial charge in [0.2, 0.25) is 0 Å². The van der Waals surface area contributed by atoms with Gasteiger partial charge in [-0.25, -0.2) is 0 Å². The highest BCUT2D eigenvalue weighted by molar-refractivity contribution is 6.00. The van der Waals surface area contributed by atoms with E-state index < -0.39 is 0 Å². The summed E-state index contributed by atoms with van der Waals surface area (Å²) in [5.41, 5.74) is 1.06. The van der Waals surface area contributed by atoms with Gasteiger partial charge >= 0.3 is 0 Å². The van der Waals surface area contributed by atoms with E-state index >= 15 is 0 Å². The summed E-state index contributed by atoms with van der Waals surface area (Å²) in [4.78, 5) is 25.5. The molecule has 0 saturated heterocycles. The van der Waals surface area contributed by atoms with Crippen LogP contribution >= 0.6 is 0 Å². The van der Waals surface area contributed by atoms with Crippen LogP contribution in [0, 0.1) is 0 Å². The molecule has 0 unspecified atom stereocenters. The lowest BCUT2D eigenvalue weighted by Gasteiger charge is -2.14. The zero-order valence-electron chi connectivity index (χ0n) is 22.2. The lowest BCUT2D eigenvalue weighted by Crippen LogP contribution is -2.26. The van der Waals surface area contributed by atoms with Gasteiger partial charge in [0, 0.05) is 18.7 Å². The number of benzene rings is 1. The molecule has 5 nitrogen and oxygen atoms in total. The number of ether oxygens (including phenoxy) is 1. The molecule has 0 spiro atoms. The first-order valence-corrected chi connectivity index (χ1v) is 14.0. The zero-order valence-corrected chi connectivity index (χ0v) is 22.2. The molecule has 0 bridgehead atoms. The number of carbonyl (C=O) groups excluding carboxylic acids is 2. The van der Waals surface area contributed by atoms with E-state index in [1.165, 1.54) is 57.8 Å². The molecule has 5 heteroatoms. The van der Waals surface area contributed by atoms with Crippen molar-refractivity contribution in [2.45, 2.75) is 117 Å². The summed E-state index contributed by atoms with van der Waals surface area (Å²) in [6.07, 6.45) is 17.3. The highest BCUT2D eigenvalue weighted by atomic mass is 16.5. The van der Waals surface area contributed by atoms with E-state index in [4.69, 9.17) is 4.74 Å². The maximum absolute atomic E-state index is 12.8. The second-order valence-electron chi connectivity index (χ2n) is 9.31. The molecule has 2 N–H and O–H groups in total. The Bertz CT molecular complexity index is 675. The van der Waals surface area contributed by atoms with Crippen LogP contribution in [0.5, 0.6) is 5.75 Å². The Morgan fingerprint density at radius 3 is 1.71 bits per heavy atom. The molecule has 34 heavy (non-hydrogen) atoms. The molecular weight excluding hydrogens is 424 g/mol. The maximum atomic E-state index is 12.8. The average molecular weight is 475 g/mol. The fraction of sp³-hybridized carbons (Fsp3) is 0.724. The third-order valence-corrected chi connectivity index (χ3v) is 6.13. The third-order valence-electron chi connectivity index (χ3n) is 6.13. The molecule has 0 aliphatic rings. The van der Waals surface area contributed by atoms with Gasteiger partial charge in [-0.1, -0.05) is 97.8 Å². The topological polar surface area (TPSA) is 67.4 Å². The molecule has 2 amide bonds. The Kier molecular flexibility index (Phi) is 17.9. The molecule has 1 aromatic rings. The van der Waals surface area contributed by atoms with Crippen LogP contribution in [0.3, 0.4) is 0 Å². The van der Waals surface area contributed by atoms with Crippen LogP contribution in [0.15, 0.2) is 18.2 Å². The van der Waals surface area contributed by atoms with Crippen LogP contribution in [0.2, 0.25) is 0 Å². The van der Waals surface area contributed by atoms with Gasteiger partial charge in [-0.05, 0) is 37.5 Å². The number of hydrogen-bond acceptors (Lipinski definition) is 3. The molecule has 0 aliphatic carbocycles. The van der Waals surface area contributed by atoms with Crippen LogP contribution in [-0.2, 0) is 0 Å². The molecule has 0 aromatic heterocycles. The van der Waals surface area contributed by atoms with E-state index in [9.17, 15) is 9.59 Å². The lowest BCUT2D eigenvalue weighted by molar-refractivity contribution is 0.0937. The van der Waals surface area contributed by atoms with E-state index in [0.717, 1.165) is 38.5 Å². The molecule has 0 aliphatic heterocycles. The van der Waals surface area contributed by atoms with Crippen molar-refractivity contribution >= 4 is 11.8 Å². The normalized spacial score (nSPS) is 10.8. The van der Waals surface area contributed by atoms with Gasteiger partial charge < -0.3 is 15.4 Å². The molecule has 0 fully saturated rings. The minimum absolute atomic E-state index is 0.105. The summed E-state index contributed by atoms with van der Waals surface area (Å²) >= 11 is 0. The summed E-state index contributed by atoms with van der Waals surface area (Å²) in [7, 11) is 0. The molecule has 0 heterocycles. The summed E-state index contributed by atoms with van der Waals surface area (Å²) in [5, 5.41) is 6.03. The van der Waals surface area contributed by atoms with Crippen molar-refractivity contribution in [3.63, 3.8) is 0 Å². The van der Waals surface area contributed by atoms with Gasteiger partial charge in [0.25, 0.3) is 11.8 Å². The Morgan fingerprint density at radius 1 is 0.647 bits per heavy atom. The Balaban J connectivity index is 2.67. The number of amides is 2. The highest BCUT2D eigenvalue weighted by Gasteiger charge is 2.16. The lowest BCUT2D eigenvalue weighted by atomic mass is 10.1. The first-order chi connectivity index (χ1) is 16.6. The van der Waals surface area contributed by atoms with E-state index in [0.29, 0.717) is 36.6 Å². The molecule has 194 valence electrons. The zero-order chi connectivity index (χ0) is 24.9. The van der Waals surface area contributed by atoms with E-state index in [2.05, 4.69) is 31.4 Å². The first-order valence-electron chi connectivity index (χ1n) is 14.0. The molecule has 0 radical (unpaired) electrons. The Labute approximate surface area is 208 Å². The molecular formula is C29H50N2O3. The molecule has 0 saturated carbocycles. The van der Waals surface area contributed by atoms with Gasteiger partial charge in [0.15, 0.2) is 0 Å². The third kappa shape index (κ3) is 13.6. The number of carbonyl (C=O) groups is 2. The van der Waals surface area contributed by atoms with Gasteiger partial charge in [-0.2, -0.15) is 0 Å². The van der Waals surface area contributed by atoms with Crippen molar-refractivity contribution in [1.82, 2.24) is 10.6 Å². The SMILES string of the molecule is CCCCCCCNC(=O)c1ccc(C(=O)NCCCCCCC)c(OCCCCCCC)c1. The number of hydrogen-bond donors (Lipinski definition) is 2. The maximum Gasteiger partial charge on any atom is 0.255 e. The van der Waals surface area contributed by atoms with Crippen LogP contribution in [0.1, 0.15) is 138 Å². The van der Waals surface area contributed by atoms with Gasteiger partial charge in [-0.15, -0.1) is 0 Å². The minimum atomic E-state index is -0.126. The van der Waals surface area contributed by atoms with Crippen LogP contribution < -0.4 is 15.4 Å². The standard InChI is InChI=1S/C29H50N2O3/c1-4-7-10-13-16-21-30-28(32)25-19-20-26(29(33)31-22-17-14-11-8-5-2)27(24-25)34-23-18-15-12-9-6-3/h19-20,24H,4-18,21-23H2,1-3H3,(H,30,32)(H,31,33). The largest absolute Gasteiger partial charge is 0.493 e. The summed E-state index contributed by atoms with van der Waals surface area (Å²) in [6.45, 7) is 8.50. The molecule has 1 aromatic carbocycles. The second-order valence-corrected chi connectivity index (χ2v) is 9.31. The van der Waals surface area contributed by atoms with Crippen LogP contribution in [0.25, 0.3) is 0 Å². The van der Waals surface area contributed by atoms with Crippen LogP contribution in [-0.4, -0.2) is 31.5 Å². The fourth-order valence-electron chi connectivity index (χ4n) is 3.92. The van der Waals surface area contributed by atoms with Crippen LogP contribution in [0.4, 0.5) is 0 Å². The van der Waals surface area contributed by atoms with E-state index in [-0.39, 0.29) is 11.8 Å². The Morgan fingerprint density at radius 2 is 1.15 bits per heavy atom. The van der Waals surface area contributed by atoms with Crippen molar-refractivity contribution in [1.29, 1.82) is 0 Å². The van der Waals surface area contributed by atoms with Crippen molar-refractivity contribution < 1.29 is 14.3 Å². The minimum Gasteiger partial charge on any atom is -0.493 e. The first kappa shape index (κ1) is 30.0. The average Bonchev–Trinajstić information content (AvgIpc) is 2.85. The highest BCUT2D eigenvalue weighted by Crippen LogP contribution is 2.22. The second kappa shape index (κ2) is 20.3. The monoisotopic (exact) mass is 474 g/mol. The van der Waals surface area contributed by atoms with Crippen molar-refractivity contribution in [2.75, 3.05) is 19.7 Å². The van der Waals surface area contributed by atoms with E-state index in [1.54, 1.807) is 18.2 Å². The van der Waals surface area contributed by atoms with Gasteiger partial charge in [-0.3, -0.25) is 9.59 Å². The van der Waals surface area contributed by atoms with Gasteiger partial charge in [0.1, 0.15) is 5.75 Å². The summed E-state index contributed by atoms with van der Waals surface area (Å²) in [5.74, 6) is 0.278. The Hall–Kier alpha value is -2.04. The molecule has 0 atom stereocenters. The predicted octanol–water partition coefficient (Wildman–Crippen LogP) is 7.44. The fourth-order valence-corrected chi connectivity index (χ4v) is 3.92. The number of rotatable bonds is 21. The van der Waals surface area contributed by atoms with Gasteiger partial charge in [0.05, 0.1) is 12.2 Å². The van der Waals surface area contributed by atoms with E-state index in [1.807, 2.05) is 0 Å². The summed E-state index contributed by atoms with van der Waals surface area (Å²) in [6, 6.07) is 5.19. The van der Waals surface area contributed by atoms with Crippen molar-refractivity contribution in [2.24, 2.45) is 0 Å². The summed E-state index contributed by atoms with van der Waals surface area (Å²) < 4.78 is 6.02.